The molecule has 0 aliphatic rings. The molecule has 1 unspecified atom stereocenters. The molecule has 8 heteroatoms. The van der Waals surface area contributed by atoms with Gasteiger partial charge in [-0.3, -0.25) is 14.6 Å². The molecule has 0 aliphatic carbocycles. The van der Waals surface area contributed by atoms with Crippen molar-refractivity contribution in [3.63, 3.8) is 0 Å². The summed E-state index contributed by atoms with van der Waals surface area (Å²) in [6.45, 7) is 8.79. The summed E-state index contributed by atoms with van der Waals surface area (Å²) in [6, 6.07) is 6.72. The van der Waals surface area contributed by atoms with E-state index in [1.54, 1.807) is 32.2 Å². The summed E-state index contributed by atoms with van der Waals surface area (Å²) in [6.07, 6.45) is -0.491. The molecular weight excluding hydrogens is 416 g/mol. The van der Waals surface area contributed by atoms with E-state index in [-0.39, 0.29) is 23.8 Å². The molecule has 0 radical (unpaired) electrons. The molecule has 0 bridgehead atoms. The molecule has 0 aliphatic heterocycles. The lowest BCUT2D eigenvalue weighted by Crippen LogP contribution is -2.31. The lowest BCUT2D eigenvalue weighted by Gasteiger charge is -2.19. The van der Waals surface area contributed by atoms with Gasteiger partial charge in [0.25, 0.3) is 12.3 Å². The fourth-order valence-electron chi connectivity index (χ4n) is 3.32. The third kappa shape index (κ3) is 7.00. The average molecular weight is 448 g/mol. The third-order valence-electron chi connectivity index (χ3n) is 5.00. The van der Waals surface area contributed by atoms with E-state index in [9.17, 15) is 18.4 Å². The Bertz CT molecular complexity index is 925. The molecule has 174 valence electrons. The van der Waals surface area contributed by atoms with Crippen LogP contribution in [-0.2, 0) is 11.2 Å². The molecule has 6 nitrogen and oxygen atoms in total. The van der Waals surface area contributed by atoms with Crippen molar-refractivity contribution in [1.82, 2.24) is 15.6 Å². The number of alkyl halides is 2. The largest absolute Gasteiger partial charge is 0.487 e. The number of halogens is 2. The van der Waals surface area contributed by atoms with Crippen LogP contribution < -0.4 is 15.4 Å². The zero-order chi connectivity index (χ0) is 23.8. The Labute approximate surface area is 187 Å². The zero-order valence-corrected chi connectivity index (χ0v) is 19.2. The first kappa shape index (κ1) is 25.2. The van der Waals surface area contributed by atoms with Gasteiger partial charge in [-0.15, -0.1) is 0 Å². The summed E-state index contributed by atoms with van der Waals surface area (Å²) in [5.74, 6) is 0.00313. The first-order valence-electron chi connectivity index (χ1n) is 10.6. The van der Waals surface area contributed by atoms with Gasteiger partial charge in [-0.2, -0.15) is 0 Å². The second-order valence-electron chi connectivity index (χ2n) is 8.07. The van der Waals surface area contributed by atoms with Crippen molar-refractivity contribution in [2.45, 2.75) is 53.5 Å². The number of aromatic nitrogens is 1. The second kappa shape index (κ2) is 11.5. The number of carbonyl (C=O) groups excluding carboxylic acids is 2. The zero-order valence-electron chi connectivity index (χ0n) is 19.2. The van der Waals surface area contributed by atoms with Gasteiger partial charge in [-0.1, -0.05) is 26.0 Å². The van der Waals surface area contributed by atoms with Gasteiger partial charge in [-0.05, 0) is 49.6 Å². The number of rotatable bonds is 10. The maximum atomic E-state index is 12.9. The molecule has 1 heterocycles. The van der Waals surface area contributed by atoms with Crippen molar-refractivity contribution in [3.05, 3.63) is 58.4 Å². The number of ether oxygens (including phenoxy) is 1. The van der Waals surface area contributed by atoms with Gasteiger partial charge in [-0.25, -0.2) is 8.78 Å². The molecule has 2 amide bonds. The van der Waals surface area contributed by atoms with E-state index in [2.05, 4.69) is 15.6 Å². The molecule has 0 spiro atoms. The van der Waals surface area contributed by atoms with Gasteiger partial charge in [0.1, 0.15) is 12.4 Å². The quantitative estimate of drug-likeness (QED) is 0.574. The Morgan fingerprint density at radius 2 is 1.78 bits per heavy atom. The molecule has 1 aromatic carbocycles. The van der Waals surface area contributed by atoms with Gasteiger partial charge in [0, 0.05) is 25.1 Å². The van der Waals surface area contributed by atoms with E-state index in [1.807, 2.05) is 32.9 Å². The van der Waals surface area contributed by atoms with Crippen LogP contribution in [0.15, 0.2) is 30.5 Å². The van der Waals surface area contributed by atoms with Crippen molar-refractivity contribution in [2.75, 3.05) is 13.2 Å². The van der Waals surface area contributed by atoms with Crippen LogP contribution in [-0.4, -0.2) is 36.4 Å². The van der Waals surface area contributed by atoms with Gasteiger partial charge in [0.05, 0.1) is 17.3 Å². The van der Waals surface area contributed by atoms with Gasteiger partial charge >= 0.3 is 0 Å². The van der Waals surface area contributed by atoms with Crippen LogP contribution in [0.2, 0.25) is 0 Å². The van der Waals surface area contributed by atoms with E-state index in [1.165, 1.54) is 0 Å². The number of amides is 2. The molecule has 0 saturated carbocycles. The van der Waals surface area contributed by atoms with E-state index in [4.69, 9.17) is 4.74 Å². The van der Waals surface area contributed by atoms with Crippen LogP contribution in [0.3, 0.4) is 0 Å². The van der Waals surface area contributed by atoms with Crippen molar-refractivity contribution in [2.24, 2.45) is 5.92 Å². The van der Waals surface area contributed by atoms with E-state index >= 15 is 0 Å². The Morgan fingerprint density at radius 3 is 2.38 bits per heavy atom. The van der Waals surface area contributed by atoms with Crippen LogP contribution in [0, 0.1) is 19.8 Å². The maximum Gasteiger partial charge on any atom is 0.272 e. The fraction of sp³-hybridized carbons (Fsp3) is 0.458. The van der Waals surface area contributed by atoms with Crippen LogP contribution in [0.4, 0.5) is 8.78 Å². The van der Waals surface area contributed by atoms with Crippen molar-refractivity contribution < 1.29 is 23.1 Å². The Hall–Kier alpha value is -3.03. The molecule has 0 fully saturated rings. The van der Waals surface area contributed by atoms with Crippen LogP contribution in [0.25, 0.3) is 0 Å². The number of hydrogen-bond donors (Lipinski definition) is 2. The highest BCUT2D eigenvalue weighted by Gasteiger charge is 2.18. The summed E-state index contributed by atoms with van der Waals surface area (Å²) in [5, 5.41) is 5.80. The minimum atomic E-state index is -2.54. The third-order valence-corrected chi connectivity index (χ3v) is 5.00. The highest BCUT2D eigenvalue weighted by molar-refractivity contribution is 5.95. The first-order valence-corrected chi connectivity index (χ1v) is 10.6. The van der Waals surface area contributed by atoms with Crippen LogP contribution in [0.1, 0.15) is 59.6 Å². The first-order chi connectivity index (χ1) is 15.1. The molecule has 2 aromatic rings. The Kier molecular flexibility index (Phi) is 9.11. The van der Waals surface area contributed by atoms with Gasteiger partial charge in [0.2, 0.25) is 5.91 Å². The smallest absolute Gasteiger partial charge is 0.272 e. The molecule has 1 atom stereocenters. The molecule has 2 rings (SSSR count). The predicted molar refractivity (Wildman–Crippen MR) is 119 cm³/mol. The molecular formula is C24H31F2N3O3. The summed E-state index contributed by atoms with van der Waals surface area (Å²) in [5.41, 5.74) is 3.34. The lowest BCUT2D eigenvalue weighted by molar-refractivity contribution is -0.123. The fourth-order valence-corrected chi connectivity index (χ4v) is 3.32. The average Bonchev–Trinajstić information content (AvgIpc) is 2.72. The van der Waals surface area contributed by atoms with Crippen molar-refractivity contribution in [1.29, 1.82) is 0 Å². The normalized spacial score (nSPS) is 12.0. The predicted octanol–water partition coefficient (Wildman–Crippen LogP) is 4.15. The SMILES string of the molecule is Cc1cc(C(C)NC(=O)c2cccnc2CCNC(=O)C(C)C)cc(C)c1OCC(F)F. The van der Waals surface area contributed by atoms with E-state index in [0.29, 0.717) is 30.0 Å². The summed E-state index contributed by atoms with van der Waals surface area (Å²) in [7, 11) is 0. The number of carbonyl (C=O) groups is 2. The molecule has 32 heavy (non-hydrogen) atoms. The number of benzene rings is 1. The molecule has 2 N–H and O–H groups in total. The van der Waals surface area contributed by atoms with E-state index in [0.717, 1.165) is 16.7 Å². The summed E-state index contributed by atoms with van der Waals surface area (Å²) < 4.78 is 30.2. The molecule has 0 saturated heterocycles. The standard InChI is InChI=1S/C24H31F2N3O3/c1-14(2)23(30)28-10-8-20-19(7-6-9-27-20)24(31)29-17(5)18-11-15(3)22(16(4)12-18)32-13-21(25)26/h6-7,9,11-12,14,17,21H,8,10,13H2,1-5H3,(H,28,30)(H,29,31). The highest BCUT2D eigenvalue weighted by atomic mass is 19.3. The number of nitrogens with zero attached hydrogens (tertiary/aromatic N) is 1. The number of pyridine rings is 1. The topological polar surface area (TPSA) is 80.3 Å². The van der Waals surface area contributed by atoms with Gasteiger partial charge in [0.15, 0.2) is 0 Å². The number of aryl methyl sites for hydroxylation is 2. The number of nitrogens with one attached hydrogen (secondary N) is 2. The van der Waals surface area contributed by atoms with Crippen molar-refractivity contribution in [3.8, 4) is 5.75 Å². The summed E-state index contributed by atoms with van der Waals surface area (Å²) in [4.78, 5) is 29.0. The molecule has 1 aromatic heterocycles. The summed E-state index contributed by atoms with van der Waals surface area (Å²) >= 11 is 0. The van der Waals surface area contributed by atoms with Crippen LogP contribution >= 0.6 is 0 Å². The minimum absolute atomic E-state index is 0.0488. The monoisotopic (exact) mass is 447 g/mol. The minimum Gasteiger partial charge on any atom is -0.487 e. The maximum absolute atomic E-state index is 12.9. The highest BCUT2D eigenvalue weighted by Crippen LogP contribution is 2.28. The van der Waals surface area contributed by atoms with Gasteiger partial charge < -0.3 is 15.4 Å². The Morgan fingerprint density at radius 1 is 1.12 bits per heavy atom. The van der Waals surface area contributed by atoms with E-state index < -0.39 is 13.0 Å². The lowest BCUT2D eigenvalue weighted by atomic mass is 10.0. The van der Waals surface area contributed by atoms with Crippen molar-refractivity contribution >= 4 is 11.8 Å². The number of hydrogen-bond acceptors (Lipinski definition) is 4. The second-order valence-corrected chi connectivity index (χ2v) is 8.07. The van der Waals surface area contributed by atoms with Crippen LogP contribution in [0.5, 0.6) is 5.75 Å². The Balaban J connectivity index is 2.09.